The summed E-state index contributed by atoms with van der Waals surface area (Å²) in [5.74, 6) is 0.530. The van der Waals surface area contributed by atoms with Gasteiger partial charge < -0.3 is 9.47 Å². The van der Waals surface area contributed by atoms with Gasteiger partial charge in [0.15, 0.2) is 0 Å². The average Bonchev–Trinajstić information content (AvgIpc) is 2.85. The zero-order valence-corrected chi connectivity index (χ0v) is 23.9. The molecule has 0 fully saturated rings. The standard InChI is InChI=1S/C31H60O4/c1-4-6-7-8-9-10-11-12-13-14-17-20-23-27-34-30(32)24-21-18-15-16-19-22-25-31(33)35-28-26-29(3)5-2/h29H,4-28H2,1-3H3. The van der Waals surface area contributed by atoms with Crippen LogP contribution in [0.15, 0.2) is 0 Å². The molecule has 0 amide bonds. The van der Waals surface area contributed by atoms with Crippen LogP contribution in [0, 0.1) is 5.92 Å². The quantitative estimate of drug-likeness (QED) is 0.0838. The number of carbonyl (C=O) groups excluding carboxylic acids is 2. The van der Waals surface area contributed by atoms with E-state index in [2.05, 4.69) is 20.8 Å². The number of ether oxygens (including phenoxy) is 2. The predicted octanol–water partition coefficient (Wildman–Crippen LogP) is 9.72. The molecule has 1 atom stereocenters. The van der Waals surface area contributed by atoms with Crippen LogP contribution in [0.5, 0.6) is 0 Å². The van der Waals surface area contributed by atoms with Crippen LogP contribution in [0.3, 0.4) is 0 Å². The number of unbranched alkanes of at least 4 members (excludes halogenated alkanes) is 17. The fraction of sp³-hybridized carbons (Fsp3) is 0.935. The molecule has 35 heavy (non-hydrogen) atoms. The molecule has 0 radical (unpaired) electrons. The Morgan fingerprint density at radius 1 is 0.514 bits per heavy atom. The molecule has 0 aromatic carbocycles. The van der Waals surface area contributed by atoms with E-state index in [-0.39, 0.29) is 11.9 Å². The van der Waals surface area contributed by atoms with Crippen LogP contribution < -0.4 is 0 Å². The normalized spacial score (nSPS) is 12.0. The molecule has 0 heterocycles. The van der Waals surface area contributed by atoms with E-state index in [1.54, 1.807) is 0 Å². The van der Waals surface area contributed by atoms with Gasteiger partial charge in [0.05, 0.1) is 13.2 Å². The maximum Gasteiger partial charge on any atom is 0.305 e. The van der Waals surface area contributed by atoms with Gasteiger partial charge in [-0.3, -0.25) is 9.59 Å². The Morgan fingerprint density at radius 3 is 1.31 bits per heavy atom. The second kappa shape index (κ2) is 27.5. The maximum absolute atomic E-state index is 11.8. The van der Waals surface area contributed by atoms with Crippen molar-refractivity contribution in [1.29, 1.82) is 0 Å². The van der Waals surface area contributed by atoms with Gasteiger partial charge in [0.25, 0.3) is 0 Å². The lowest BCUT2D eigenvalue weighted by Gasteiger charge is -2.09. The third-order valence-electron chi connectivity index (χ3n) is 7.09. The molecule has 4 nitrogen and oxygen atoms in total. The lowest BCUT2D eigenvalue weighted by Crippen LogP contribution is -2.08. The Bertz CT molecular complexity index is 463. The Labute approximate surface area is 218 Å². The van der Waals surface area contributed by atoms with Crippen LogP contribution in [0.25, 0.3) is 0 Å². The van der Waals surface area contributed by atoms with E-state index in [4.69, 9.17) is 9.47 Å². The summed E-state index contributed by atoms with van der Waals surface area (Å²) in [6.45, 7) is 7.77. The SMILES string of the molecule is CCCCCCCCCCCCCCCOC(=O)CCCCCCCCC(=O)OCCC(C)CC. The van der Waals surface area contributed by atoms with E-state index in [1.165, 1.54) is 77.0 Å². The second-order valence-corrected chi connectivity index (χ2v) is 10.6. The van der Waals surface area contributed by atoms with Crippen LogP contribution in [0.1, 0.15) is 168 Å². The molecule has 208 valence electrons. The van der Waals surface area contributed by atoms with Crippen LogP contribution in [0.4, 0.5) is 0 Å². The second-order valence-electron chi connectivity index (χ2n) is 10.6. The highest BCUT2D eigenvalue weighted by Crippen LogP contribution is 2.13. The van der Waals surface area contributed by atoms with Gasteiger partial charge in [0.1, 0.15) is 0 Å². The first-order valence-corrected chi connectivity index (χ1v) is 15.4. The molecule has 0 saturated carbocycles. The molecule has 0 spiro atoms. The average molecular weight is 497 g/mol. The summed E-state index contributed by atoms with van der Waals surface area (Å²) in [4.78, 5) is 23.5. The Hall–Kier alpha value is -1.06. The van der Waals surface area contributed by atoms with Crippen molar-refractivity contribution in [3.8, 4) is 0 Å². The number of hydrogen-bond donors (Lipinski definition) is 0. The Morgan fingerprint density at radius 2 is 0.886 bits per heavy atom. The fourth-order valence-electron chi connectivity index (χ4n) is 4.27. The molecule has 0 N–H and O–H groups in total. The van der Waals surface area contributed by atoms with Crippen LogP contribution in [-0.2, 0) is 19.1 Å². The zero-order valence-electron chi connectivity index (χ0n) is 23.9. The summed E-state index contributed by atoms with van der Waals surface area (Å²) in [5, 5.41) is 0. The smallest absolute Gasteiger partial charge is 0.305 e. The van der Waals surface area contributed by atoms with E-state index in [1.807, 2.05) is 0 Å². The molecule has 0 bridgehead atoms. The molecule has 0 rings (SSSR count). The molecule has 0 aromatic heterocycles. The van der Waals surface area contributed by atoms with Crippen molar-refractivity contribution in [3.63, 3.8) is 0 Å². The number of hydrogen-bond acceptors (Lipinski definition) is 4. The van der Waals surface area contributed by atoms with Gasteiger partial charge in [0, 0.05) is 12.8 Å². The highest BCUT2D eigenvalue weighted by molar-refractivity contribution is 5.69. The number of rotatable bonds is 27. The van der Waals surface area contributed by atoms with Crippen LogP contribution >= 0.6 is 0 Å². The lowest BCUT2D eigenvalue weighted by molar-refractivity contribution is -0.145. The summed E-state index contributed by atoms with van der Waals surface area (Å²) in [7, 11) is 0. The summed E-state index contributed by atoms with van der Waals surface area (Å²) >= 11 is 0. The van der Waals surface area contributed by atoms with Crippen molar-refractivity contribution >= 4 is 11.9 Å². The molecule has 0 aliphatic carbocycles. The van der Waals surface area contributed by atoms with Gasteiger partial charge >= 0.3 is 11.9 Å². The molecular weight excluding hydrogens is 436 g/mol. The number of esters is 2. The molecule has 0 saturated heterocycles. The zero-order chi connectivity index (χ0) is 25.8. The minimum absolute atomic E-state index is 0.0379. The molecule has 4 heteroatoms. The highest BCUT2D eigenvalue weighted by atomic mass is 16.5. The van der Waals surface area contributed by atoms with Crippen molar-refractivity contribution in [3.05, 3.63) is 0 Å². The van der Waals surface area contributed by atoms with E-state index in [0.29, 0.717) is 32.0 Å². The van der Waals surface area contributed by atoms with Gasteiger partial charge in [-0.05, 0) is 31.6 Å². The van der Waals surface area contributed by atoms with Crippen molar-refractivity contribution in [1.82, 2.24) is 0 Å². The first-order chi connectivity index (χ1) is 17.1. The van der Waals surface area contributed by atoms with Crippen molar-refractivity contribution in [2.24, 2.45) is 5.92 Å². The van der Waals surface area contributed by atoms with Gasteiger partial charge in [-0.15, -0.1) is 0 Å². The summed E-state index contributed by atoms with van der Waals surface area (Å²) in [6, 6.07) is 0. The van der Waals surface area contributed by atoms with Gasteiger partial charge in [0.2, 0.25) is 0 Å². The van der Waals surface area contributed by atoms with Gasteiger partial charge in [-0.2, -0.15) is 0 Å². The van der Waals surface area contributed by atoms with Crippen LogP contribution in [0.2, 0.25) is 0 Å². The molecule has 0 aromatic rings. The van der Waals surface area contributed by atoms with Crippen molar-refractivity contribution in [2.45, 2.75) is 168 Å². The first kappa shape index (κ1) is 33.9. The molecular formula is C31H60O4. The molecule has 0 aliphatic rings. The number of carbonyl (C=O) groups is 2. The minimum atomic E-state index is -0.0560. The van der Waals surface area contributed by atoms with Crippen LogP contribution in [-0.4, -0.2) is 25.2 Å². The summed E-state index contributed by atoms with van der Waals surface area (Å²) < 4.78 is 10.7. The lowest BCUT2D eigenvalue weighted by atomic mass is 10.0. The maximum atomic E-state index is 11.8. The highest BCUT2D eigenvalue weighted by Gasteiger charge is 2.05. The van der Waals surface area contributed by atoms with Crippen molar-refractivity contribution in [2.75, 3.05) is 13.2 Å². The van der Waals surface area contributed by atoms with Crippen molar-refractivity contribution < 1.29 is 19.1 Å². The predicted molar refractivity (Wildman–Crippen MR) is 149 cm³/mol. The largest absolute Gasteiger partial charge is 0.466 e. The molecule has 1 unspecified atom stereocenters. The summed E-state index contributed by atoms with van der Waals surface area (Å²) in [6.07, 6.45) is 26.7. The van der Waals surface area contributed by atoms with Gasteiger partial charge in [-0.1, -0.05) is 130 Å². The summed E-state index contributed by atoms with van der Waals surface area (Å²) in [5.41, 5.74) is 0. The first-order valence-electron chi connectivity index (χ1n) is 15.4. The topological polar surface area (TPSA) is 52.6 Å². The van der Waals surface area contributed by atoms with E-state index < -0.39 is 0 Å². The van der Waals surface area contributed by atoms with E-state index >= 15 is 0 Å². The minimum Gasteiger partial charge on any atom is -0.466 e. The molecule has 0 aliphatic heterocycles. The monoisotopic (exact) mass is 496 g/mol. The fourth-order valence-corrected chi connectivity index (χ4v) is 4.27. The van der Waals surface area contributed by atoms with E-state index in [0.717, 1.165) is 57.8 Å². The van der Waals surface area contributed by atoms with Gasteiger partial charge in [-0.25, -0.2) is 0 Å². The Kier molecular flexibility index (Phi) is 26.7. The third-order valence-corrected chi connectivity index (χ3v) is 7.09. The third kappa shape index (κ3) is 27.4. The Balaban J connectivity index is 3.25. The van der Waals surface area contributed by atoms with E-state index in [9.17, 15) is 9.59 Å².